The number of benzene rings is 1. The van der Waals surface area contributed by atoms with E-state index >= 15 is 0 Å². The fourth-order valence-corrected chi connectivity index (χ4v) is 3.38. The fraction of sp³-hybridized carbons (Fsp3) is 0.375. The normalized spacial score (nSPS) is 15.6. The Morgan fingerprint density at radius 1 is 1.36 bits per heavy atom. The minimum atomic E-state index is -0.0647. The molecule has 0 radical (unpaired) electrons. The number of para-hydroxylation sites is 1. The lowest BCUT2D eigenvalue weighted by atomic mass is 10.0. The van der Waals surface area contributed by atoms with Crippen molar-refractivity contribution in [2.24, 2.45) is 0 Å². The number of aromatic nitrogens is 1. The van der Waals surface area contributed by atoms with Gasteiger partial charge in [-0.2, -0.15) is 0 Å². The molecule has 2 heterocycles. The lowest BCUT2D eigenvalue weighted by Gasteiger charge is -2.32. The van der Waals surface area contributed by atoms with Gasteiger partial charge in [0.1, 0.15) is 5.75 Å². The Morgan fingerprint density at radius 2 is 2.14 bits per heavy atom. The van der Waals surface area contributed by atoms with E-state index < -0.39 is 0 Å². The van der Waals surface area contributed by atoms with Gasteiger partial charge in [0, 0.05) is 30.7 Å². The van der Waals surface area contributed by atoms with Crippen LogP contribution in [0.3, 0.4) is 0 Å². The second-order valence-electron chi connectivity index (χ2n) is 5.25. The number of hydrogen-bond acceptors (Lipinski definition) is 5. The number of amides is 1. The number of rotatable bonds is 4. The van der Waals surface area contributed by atoms with E-state index in [2.05, 4.69) is 15.2 Å². The Hall–Kier alpha value is -2.08. The number of nitrogens with one attached hydrogen (secondary N) is 1. The van der Waals surface area contributed by atoms with Gasteiger partial charge in [-0.3, -0.25) is 4.79 Å². The van der Waals surface area contributed by atoms with Gasteiger partial charge in [0.15, 0.2) is 5.13 Å². The molecule has 1 aliphatic heterocycles. The molecule has 1 aromatic heterocycles. The third-order valence-corrected chi connectivity index (χ3v) is 4.70. The lowest BCUT2D eigenvalue weighted by Crippen LogP contribution is -2.44. The van der Waals surface area contributed by atoms with E-state index in [0.29, 0.717) is 11.3 Å². The van der Waals surface area contributed by atoms with Gasteiger partial charge < -0.3 is 15.0 Å². The minimum Gasteiger partial charge on any atom is -0.496 e. The summed E-state index contributed by atoms with van der Waals surface area (Å²) in [5.74, 6) is 0.547. The zero-order valence-corrected chi connectivity index (χ0v) is 13.3. The Bertz CT molecular complexity index is 622. The predicted octanol–water partition coefficient (Wildman–Crippen LogP) is 2.55. The van der Waals surface area contributed by atoms with E-state index in [4.69, 9.17) is 4.74 Å². The van der Waals surface area contributed by atoms with Gasteiger partial charge in [0.05, 0.1) is 12.7 Å². The molecule has 0 spiro atoms. The van der Waals surface area contributed by atoms with Crippen molar-refractivity contribution in [1.29, 1.82) is 0 Å². The number of piperidine rings is 1. The molecule has 0 unspecified atom stereocenters. The van der Waals surface area contributed by atoms with Crippen LogP contribution in [0.2, 0.25) is 0 Å². The molecule has 22 heavy (non-hydrogen) atoms. The molecule has 6 heteroatoms. The number of anilines is 1. The largest absolute Gasteiger partial charge is 0.496 e. The smallest absolute Gasteiger partial charge is 0.255 e. The van der Waals surface area contributed by atoms with Crippen molar-refractivity contribution in [3.8, 4) is 5.75 Å². The Labute approximate surface area is 133 Å². The van der Waals surface area contributed by atoms with Crippen molar-refractivity contribution < 1.29 is 9.53 Å². The number of carbonyl (C=O) groups excluding carboxylic acids is 1. The van der Waals surface area contributed by atoms with E-state index in [9.17, 15) is 4.79 Å². The van der Waals surface area contributed by atoms with Crippen molar-refractivity contribution >= 4 is 22.4 Å². The molecular formula is C16H19N3O2S. The maximum absolute atomic E-state index is 12.4. The first kappa shape index (κ1) is 14.8. The first-order chi connectivity index (χ1) is 10.8. The zero-order chi connectivity index (χ0) is 15.4. The number of methoxy groups -OCH3 is 1. The number of hydrogen-bond donors (Lipinski definition) is 1. The zero-order valence-electron chi connectivity index (χ0n) is 12.5. The third-order valence-electron chi connectivity index (χ3n) is 3.87. The topological polar surface area (TPSA) is 54.5 Å². The molecular weight excluding hydrogens is 298 g/mol. The van der Waals surface area contributed by atoms with Crippen LogP contribution in [0.1, 0.15) is 23.2 Å². The first-order valence-electron chi connectivity index (χ1n) is 7.36. The van der Waals surface area contributed by atoms with E-state index in [1.165, 1.54) is 0 Å². The molecule has 0 bridgehead atoms. The van der Waals surface area contributed by atoms with E-state index in [1.54, 1.807) is 30.6 Å². The minimum absolute atomic E-state index is 0.0647. The van der Waals surface area contributed by atoms with E-state index in [0.717, 1.165) is 31.1 Å². The van der Waals surface area contributed by atoms with Gasteiger partial charge in [-0.15, -0.1) is 11.3 Å². The van der Waals surface area contributed by atoms with Crippen molar-refractivity contribution in [2.45, 2.75) is 18.9 Å². The van der Waals surface area contributed by atoms with Crippen molar-refractivity contribution in [3.63, 3.8) is 0 Å². The second kappa shape index (κ2) is 6.79. The SMILES string of the molecule is COc1ccccc1C(=O)NC1CCN(c2nccs2)CC1. The van der Waals surface area contributed by atoms with E-state index in [1.807, 2.05) is 23.7 Å². The predicted molar refractivity (Wildman–Crippen MR) is 87.8 cm³/mol. The number of nitrogens with zero attached hydrogens (tertiary/aromatic N) is 2. The van der Waals surface area contributed by atoms with Crippen LogP contribution >= 0.6 is 11.3 Å². The molecule has 1 saturated heterocycles. The second-order valence-corrected chi connectivity index (χ2v) is 6.12. The molecule has 1 amide bonds. The summed E-state index contributed by atoms with van der Waals surface area (Å²) < 4.78 is 5.25. The highest BCUT2D eigenvalue weighted by Gasteiger charge is 2.23. The maximum atomic E-state index is 12.4. The van der Waals surface area contributed by atoms with Crippen LogP contribution < -0.4 is 15.0 Å². The van der Waals surface area contributed by atoms with Crippen molar-refractivity contribution in [2.75, 3.05) is 25.1 Å². The quantitative estimate of drug-likeness (QED) is 0.941. The highest BCUT2D eigenvalue weighted by Crippen LogP contribution is 2.23. The summed E-state index contributed by atoms with van der Waals surface area (Å²) in [4.78, 5) is 19.0. The van der Waals surface area contributed by atoms with E-state index in [-0.39, 0.29) is 11.9 Å². The first-order valence-corrected chi connectivity index (χ1v) is 8.24. The highest BCUT2D eigenvalue weighted by atomic mass is 32.1. The Balaban J connectivity index is 1.57. The Morgan fingerprint density at radius 3 is 2.82 bits per heavy atom. The fourth-order valence-electron chi connectivity index (χ4n) is 2.68. The molecule has 1 aliphatic rings. The average molecular weight is 317 g/mol. The maximum Gasteiger partial charge on any atom is 0.255 e. The summed E-state index contributed by atoms with van der Waals surface area (Å²) >= 11 is 1.66. The van der Waals surface area contributed by atoms with Crippen LogP contribution in [0, 0.1) is 0 Å². The van der Waals surface area contributed by atoms with Crippen LogP contribution in [0.5, 0.6) is 5.75 Å². The summed E-state index contributed by atoms with van der Waals surface area (Å²) in [6.07, 6.45) is 3.69. The standard InChI is InChI=1S/C16H19N3O2S/c1-21-14-5-3-2-4-13(14)15(20)18-12-6-9-19(10-7-12)16-17-8-11-22-16/h2-5,8,11-12H,6-7,9-10H2,1H3,(H,18,20). The summed E-state index contributed by atoms with van der Waals surface area (Å²) in [6, 6.07) is 7.51. The van der Waals surface area contributed by atoms with Crippen molar-refractivity contribution in [3.05, 3.63) is 41.4 Å². The third kappa shape index (κ3) is 3.22. The monoisotopic (exact) mass is 317 g/mol. The van der Waals surface area contributed by atoms with Crippen LogP contribution in [0.4, 0.5) is 5.13 Å². The van der Waals surface area contributed by atoms with Gasteiger partial charge in [-0.1, -0.05) is 12.1 Å². The summed E-state index contributed by atoms with van der Waals surface area (Å²) in [6.45, 7) is 1.84. The molecule has 2 aromatic rings. The molecule has 0 saturated carbocycles. The molecule has 0 aliphatic carbocycles. The van der Waals surface area contributed by atoms with Gasteiger partial charge >= 0.3 is 0 Å². The van der Waals surface area contributed by atoms with Crippen LogP contribution in [0.15, 0.2) is 35.8 Å². The van der Waals surface area contributed by atoms with Gasteiger partial charge in [-0.25, -0.2) is 4.98 Å². The highest BCUT2D eigenvalue weighted by molar-refractivity contribution is 7.13. The molecule has 0 atom stereocenters. The van der Waals surface area contributed by atoms with Crippen LogP contribution in [-0.2, 0) is 0 Å². The molecule has 1 N–H and O–H groups in total. The molecule has 116 valence electrons. The number of carbonyl (C=O) groups is 1. The lowest BCUT2D eigenvalue weighted by molar-refractivity contribution is 0.0928. The average Bonchev–Trinajstić information content (AvgIpc) is 3.10. The summed E-state index contributed by atoms with van der Waals surface area (Å²) in [7, 11) is 1.58. The van der Waals surface area contributed by atoms with Gasteiger partial charge in [0.25, 0.3) is 5.91 Å². The Kier molecular flexibility index (Phi) is 4.58. The molecule has 5 nitrogen and oxygen atoms in total. The van der Waals surface area contributed by atoms with Gasteiger partial charge in [-0.05, 0) is 25.0 Å². The van der Waals surface area contributed by atoms with Crippen LogP contribution in [0.25, 0.3) is 0 Å². The van der Waals surface area contributed by atoms with Crippen molar-refractivity contribution in [1.82, 2.24) is 10.3 Å². The summed E-state index contributed by atoms with van der Waals surface area (Å²) in [5.41, 5.74) is 0.590. The molecule has 1 aromatic carbocycles. The number of ether oxygens (including phenoxy) is 1. The molecule has 1 fully saturated rings. The molecule has 3 rings (SSSR count). The number of thiazole rings is 1. The summed E-state index contributed by atoms with van der Waals surface area (Å²) in [5, 5.41) is 6.17. The van der Waals surface area contributed by atoms with Crippen LogP contribution in [-0.4, -0.2) is 37.1 Å². The van der Waals surface area contributed by atoms with Gasteiger partial charge in [0.2, 0.25) is 0 Å².